The van der Waals surface area contributed by atoms with E-state index < -0.39 is 11.8 Å². The molecule has 0 spiro atoms. The number of carbonyl (C=O) groups excluding carboxylic acids is 2. The highest BCUT2D eigenvalue weighted by molar-refractivity contribution is 6.35. The molecular formula is C13H15NO3. The lowest BCUT2D eigenvalue weighted by Gasteiger charge is -2.08. The lowest BCUT2D eigenvalue weighted by Crippen LogP contribution is -2.36. The van der Waals surface area contributed by atoms with E-state index in [2.05, 4.69) is 5.32 Å². The molecule has 1 heterocycles. The summed E-state index contributed by atoms with van der Waals surface area (Å²) in [5.41, 5.74) is 0.882. The van der Waals surface area contributed by atoms with Crippen LogP contribution in [0.5, 0.6) is 0 Å². The minimum atomic E-state index is -0.742. The number of Topliss-reactive ketones (excluding diaryl/α,β-unsaturated/α-hetero) is 1. The molecule has 0 amide bonds. The van der Waals surface area contributed by atoms with E-state index in [0.29, 0.717) is 0 Å². The maximum Gasteiger partial charge on any atom is 0.376 e. The molecule has 0 bridgehead atoms. The van der Waals surface area contributed by atoms with Crippen LogP contribution in [0.1, 0.15) is 18.4 Å². The van der Waals surface area contributed by atoms with Crippen molar-refractivity contribution in [2.24, 2.45) is 0 Å². The van der Waals surface area contributed by atoms with Gasteiger partial charge in [0.1, 0.15) is 6.61 Å². The van der Waals surface area contributed by atoms with Gasteiger partial charge in [0.25, 0.3) is 5.78 Å². The van der Waals surface area contributed by atoms with Crippen molar-refractivity contribution in [3.63, 3.8) is 0 Å². The standard InChI is InChI=1S/C13H15NO3/c15-12(11-7-4-8-14-11)13(16)17-9-10-5-2-1-3-6-10/h1-3,5-6,11,14H,4,7-9H2/t11-/m1/s1. The van der Waals surface area contributed by atoms with Gasteiger partial charge in [-0.1, -0.05) is 30.3 Å². The fraction of sp³-hybridized carbons (Fsp3) is 0.385. The summed E-state index contributed by atoms with van der Waals surface area (Å²) in [6, 6.07) is 8.97. The van der Waals surface area contributed by atoms with Gasteiger partial charge in [0.15, 0.2) is 0 Å². The predicted octanol–water partition coefficient (Wildman–Crippen LogP) is 1.05. The average molecular weight is 233 g/mol. The van der Waals surface area contributed by atoms with Crippen molar-refractivity contribution >= 4 is 11.8 Å². The van der Waals surface area contributed by atoms with Crippen LogP contribution in [0.4, 0.5) is 0 Å². The fourth-order valence-electron chi connectivity index (χ4n) is 1.84. The highest BCUT2D eigenvalue weighted by atomic mass is 16.5. The molecule has 1 aliphatic rings. The fourth-order valence-corrected chi connectivity index (χ4v) is 1.84. The Balaban J connectivity index is 1.83. The lowest BCUT2D eigenvalue weighted by atomic mass is 10.1. The van der Waals surface area contributed by atoms with Gasteiger partial charge in [0.05, 0.1) is 6.04 Å². The average Bonchev–Trinajstić information content (AvgIpc) is 2.90. The number of ether oxygens (including phenoxy) is 1. The number of hydrogen-bond acceptors (Lipinski definition) is 4. The molecule has 0 aliphatic carbocycles. The van der Waals surface area contributed by atoms with E-state index in [0.717, 1.165) is 24.9 Å². The molecule has 0 unspecified atom stereocenters. The van der Waals surface area contributed by atoms with Crippen LogP contribution in [0.3, 0.4) is 0 Å². The van der Waals surface area contributed by atoms with E-state index in [-0.39, 0.29) is 12.6 Å². The summed E-state index contributed by atoms with van der Waals surface area (Å²) >= 11 is 0. The van der Waals surface area contributed by atoms with Crippen molar-refractivity contribution in [1.82, 2.24) is 5.32 Å². The molecule has 90 valence electrons. The van der Waals surface area contributed by atoms with Gasteiger partial charge < -0.3 is 10.1 Å². The molecular weight excluding hydrogens is 218 g/mol. The molecule has 17 heavy (non-hydrogen) atoms. The van der Waals surface area contributed by atoms with Gasteiger partial charge in [-0.3, -0.25) is 4.79 Å². The normalized spacial score (nSPS) is 18.9. The van der Waals surface area contributed by atoms with E-state index in [1.807, 2.05) is 30.3 Å². The SMILES string of the molecule is O=C(OCc1ccccc1)C(=O)[C@H]1CCCN1. The van der Waals surface area contributed by atoms with Gasteiger partial charge in [0.2, 0.25) is 0 Å². The van der Waals surface area contributed by atoms with Gasteiger partial charge in [-0.05, 0) is 24.9 Å². The van der Waals surface area contributed by atoms with Crippen molar-refractivity contribution in [2.45, 2.75) is 25.5 Å². The number of hydrogen-bond donors (Lipinski definition) is 1. The maximum atomic E-state index is 11.6. The zero-order chi connectivity index (χ0) is 12.1. The third-order valence-electron chi connectivity index (χ3n) is 2.79. The smallest absolute Gasteiger partial charge is 0.376 e. The Morgan fingerprint density at radius 2 is 2.06 bits per heavy atom. The molecule has 1 aromatic rings. The van der Waals surface area contributed by atoms with Gasteiger partial charge in [-0.25, -0.2) is 4.79 Å². The van der Waals surface area contributed by atoms with E-state index >= 15 is 0 Å². The summed E-state index contributed by atoms with van der Waals surface area (Å²) in [5.74, 6) is -1.20. The summed E-state index contributed by atoms with van der Waals surface area (Å²) in [6.07, 6.45) is 1.65. The maximum absolute atomic E-state index is 11.6. The van der Waals surface area contributed by atoms with Gasteiger partial charge in [0, 0.05) is 0 Å². The number of ketones is 1. The largest absolute Gasteiger partial charge is 0.455 e. The number of nitrogens with one attached hydrogen (secondary N) is 1. The van der Waals surface area contributed by atoms with E-state index in [4.69, 9.17) is 4.74 Å². The second-order valence-corrected chi connectivity index (χ2v) is 4.07. The molecule has 4 heteroatoms. The summed E-state index contributed by atoms with van der Waals surface area (Å²) in [6.45, 7) is 0.945. The predicted molar refractivity (Wildman–Crippen MR) is 62.3 cm³/mol. The van der Waals surface area contributed by atoms with E-state index in [9.17, 15) is 9.59 Å². The van der Waals surface area contributed by atoms with Crippen LogP contribution in [0, 0.1) is 0 Å². The summed E-state index contributed by atoms with van der Waals surface area (Å²) in [4.78, 5) is 23.1. The first-order chi connectivity index (χ1) is 8.27. The molecule has 1 aliphatic heterocycles. The molecule has 1 fully saturated rings. The number of esters is 1. The molecule has 4 nitrogen and oxygen atoms in total. The van der Waals surface area contributed by atoms with Gasteiger partial charge in [-0.2, -0.15) is 0 Å². The second-order valence-electron chi connectivity index (χ2n) is 4.07. The molecule has 1 N–H and O–H groups in total. The van der Waals surface area contributed by atoms with Crippen LogP contribution in [0.2, 0.25) is 0 Å². The lowest BCUT2D eigenvalue weighted by molar-refractivity contribution is -0.155. The molecule has 0 radical (unpaired) electrons. The number of benzene rings is 1. The minimum Gasteiger partial charge on any atom is -0.455 e. The van der Waals surface area contributed by atoms with Crippen molar-refractivity contribution in [2.75, 3.05) is 6.54 Å². The van der Waals surface area contributed by atoms with E-state index in [1.54, 1.807) is 0 Å². The van der Waals surface area contributed by atoms with Gasteiger partial charge >= 0.3 is 5.97 Å². The van der Waals surface area contributed by atoms with E-state index in [1.165, 1.54) is 0 Å². The molecule has 0 aromatic heterocycles. The Kier molecular flexibility index (Phi) is 3.88. The monoisotopic (exact) mass is 233 g/mol. The Hall–Kier alpha value is -1.68. The van der Waals surface area contributed by atoms with Crippen molar-refractivity contribution < 1.29 is 14.3 Å². The summed E-state index contributed by atoms with van der Waals surface area (Å²) < 4.78 is 4.97. The topological polar surface area (TPSA) is 55.4 Å². The summed E-state index contributed by atoms with van der Waals surface area (Å²) in [5, 5.41) is 2.99. The van der Waals surface area contributed by atoms with Crippen LogP contribution in [-0.4, -0.2) is 24.3 Å². The van der Waals surface area contributed by atoms with Crippen LogP contribution in [-0.2, 0) is 20.9 Å². The Morgan fingerprint density at radius 3 is 2.71 bits per heavy atom. The first kappa shape index (κ1) is 11.8. The van der Waals surface area contributed by atoms with Crippen molar-refractivity contribution in [1.29, 1.82) is 0 Å². The van der Waals surface area contributed by atoms with Gasteiger partial charge in [-0.15, -0.1) is 0 Å². The molecule has 1 atom stereocenters. The zero-order valence-electron chi connectivity index (χ0n) is 9.52. The second kappa shape index (κ2) is 5.59. The molecule has 0 saturated carbocycles. The number of rotatable bonds is 4. The molecule has 1 aromatic carbocycles. The molecule has 2 rings (SSSR count). The Morgan fingerprint density at radius 1 is 1.29 bits per heavy atom. The van der Waals surface area contributed by atoms with Crippen molar-refractivity contribution in [3.8, 4) is 0 Å². The summed E-state index contributed by atoms with van der Waals surface area (Å²) in [7, 11) is 0. The Labute approximate surface area is 100.0 Å². The van der Waals surface area contributed by atoms with Crippen LogP contribution in [0.15, 0.2) is 30.3 Å². The number of carbonyl (C=O) groups is 2. The van der Waals surface area contributed by atoms with Crippen molar-refractivity contribution in [3.05, 3.63) is 35.9 Å². The van der Waals surface area contributed by atoms with Crippen LogP contribution in [0.25, 0.3) is 0 Å². The third-order valence-corrected chi connectivity index (χ3v) is 2.79. The highest BCUT2D eigenvalue weighted by Gasteiger charge is 2.28. The zero-order valence-corrected chi connectivity index (χ0v) is 9.52. The quantitative estimate of drug-likeness (QED) is 0.624. The highest BCUT2D eigenvalue weighted by Crippen LogP contribution is 2.08. The third kappa shape index (κ3) is 3.14. The first-order valence-electron chi connectivity index (χ1n) is 5.75. The van der Waals surface area contributed by atoms with Crippen LogP contribution < -0.4 is 5.32 Å². The molecule has 1 saturated heterocycles. The Bertz CT molecular complexity index is 396. The minimum absolute atomic E-state index is 0.151. The first-order valence-corrected chi connectivity index (χ1v) is 5.75. The van der Waals surface area contributed by atoms with Crippen LogP contribution >= 0.6 is 0 Å².